The van der Waals surface area contributed by atoms with Gasteiger partial charge in [-0.1, -0.05) is 52.0 Å². The molecule has 0 spiro atoms. The minimum atomic E-state index is -4.51. The van der Waals surface area contributed by atoms with Crippen LogP contribution in [0.3, 0.4) is 0 Å². The molecule has 1 aliphatic heterocycles. The number of carboxylic acids is 1. The Balaban J connectivity index is 2.16. The van der Waals surface area contributed by atoms with Gasteiger partial charge in [-0.15, -0.1) is 0 Å². The van der Waals surface area contributed by atoms with Crippen LogP contribution in [0.25, 0.3) is 11.1 Å². The molecule has 1 fully saturated rings. The lowest BCUT2D eigenvalue weighted by Crippen LogP contribution is -2.50. The Labute approximate surface area is 226 Å². The summed E-state index contributed by atoms with van der Waals surface area (Å²) in [4.78, 5) is 13.8. The Kier molecular flexibility index (Phi) is 9.78. The molecule has 1 aliphatic rings. The van der Waals surface area contributed by atoms with Gasteiger partial charge < -0.3 is 5.11 Å². The molecule has 1 saturated heterocycles. The molecule has 2 unspecified atom stereocenters. The number of piperidine rings is 1. The van der Waals surface area contributed by atoms with Gasteiger partial charge in [-0.3, -0.25) is 9.69 Å². The molecule has 1 N–H and O–H groups in total. The predicted octanol–water partition coefficient (Wildman–Crippen LogP) is 9.09. The fourth-order valence-electron chi connectivity index (χ4n) is 5.42. The largest absolute Gasteiger partial charge is 0.481 e. The number of halogens is 6. The first-order valence-electron chi connectivity index (χ1n) is 13.5. The summed E-state index contributed by atoms with van der Waals surface area (Å²) in [5.74, 6) is -1.72. The van der Waals surface area contributed by atoms with Gasteiger partial charge in [0.15, 0.2) is 0 Å². The van der Waals surface area contributed by atoms with Crippen molar-refractivity contribution in [3.8, 4) is 11.1 Å². The molecule has 3 rings (SSSR count). The topological polar surface area (TPSA) is 40.5 Å². The SMILES string of the molecule is CC(C)CCN1C(c2cc(-c3ccc(C(F)(F)F)cc3)cc([C@@H](CC(C)C)C(=O)O)c2)CCCC1C(F)(F)F. The monoisotopic (exact) mass is 557 g/mol. The third-order valence-electron chi connectivity index (χ3n) is 7.41. The van der Waals surface area contributed by atoms with E-state index in [2.05, 4.69) is 0 Å². The van der Waals surface area contributed by atoms with Crippen LogP contribution in [-0.2, 0) is 11.0 Å². The normalized spacial score (nSPS) is 20.0. The summed E-state index contributed by atoms with van der Waals surface area (Å²) in [5.41, 5.74) is 1.13. The van der Waals surface area contributed by atoms with Crippen LogP contribution in [0, 0.1) is 11.8 Å². The van der Waals surface area contributed by atoms with Crippen LogP contribution >= 0.6 is 0 Å². The van der Waals surface area contributed by atoms with E-state index in [-0.39, 0.29) is 24.8 Å². The summed E-state index contributed by atoms with van der Waals surface area (Å²) < 4.78 is 81.8. The summed E-state index contributed by atoms with van der Waals surface area (Å²) in [5, 5.41) is 10.0. The zero-order chi connectivity index (χ0) is 29.1. The van der Waals surface area contributed by atoms with Crippen LogP contribution in [0.1, 0.15) is 88.4 Å². The van der Waals surface area contributed by atoms with Crippen molar-refractivity contribution in [2.45, 2.75) is 90.2 Å². The number of hydrogen-bond acceptors (Lipinski definition) is 2. The van der Waals surface area contributed by atoms with E-state index in [1.807, 2.05) is 27.7 Å². The molecule has 3 nitrogen and oxygen atoms in total. The molecule has 2 aromatic carbocycles. The molecule has 39 heavy (non-hydrogen) atoms. The van der Waals surface area contributed by atoms with E-state index in [4.69, 9.17) is 0 Å². The molecular weight excluding hydrogens is 520 g/mol. The Morgan fingerprint density at radius 1 is 0.923 bits per heavy atom. The average molecular weight is 558 g/mol. The first-order valence-corrected chi connectivity index (χ1v) is 13.5. The zero-order valence-electron chi connectivity index (χ0n) is 22.7. The van der Waals surface area contributed by atoms with Crippen LogP contribution in [-0.4, -0.2) is 34.7 Å². The fraction of sp³-hybridized carbons (Fsp3) is 0.567. The maximum Gasteiger partial charge on any atom is 0.416 e. The summed E-state index contributed by atoms with van der Waals surface area (Å²) in [6, 6.07) is 7.41. The van der Waals surface area contributed by atoms with Gasteiger partial charge >= 0.3 is 18.3 Å². The molecule has 0 saturated carbocycles. The lowest BCUT2D eigenvalue weighted by atomic mass is 9.83. The van der Waals surface area contributed by atoms with Crippen LogP contribution in [0.15, 0.2) is 42.5 Å². The molecule has 2 aromatic rings. The van der Waals surface area contributed by atoms with Gasteiger partial charge in [0.2, 0.25) is 0 Å². The van der Waals surface area contributed by atoms with Gasteiger partial charge in [0.1, 0.15) is 6.04 Å². The summed E-state index contributed by atoms with van der Waals surface area (Å²) in [6.07, 6.45) is -7.20. The number of rotatable bonds is 9. The predicted molar refractivity (Wildman–Crippen MR) is 139 cm³/mol. The van der Waals surface area contributed by atoms with Gasteiger partial charge in [0, 0.05) is 6.04 Å². The number of benzene rings is 2. The number of likely N-dealkylation sites (tertiary alicyclic amines) is 1. The second-order valence-electron chi connectivity index (χ2n) is 11.4. The van der Waals surface area contributed by atoms with E-state index in [1.165, 1.54) is 17.0 Å². The lowest BCUT2D eigenvalue weighted by Gasteiger charge is -2.43. The van der Waals surface area contributed by atoms with Gasteiger partial charge in [0.25, 0.3) is 0 Å². The standard InChI is InChI=1S/C30H37F6NO2/c1-18(2)12-13-37-26(6-5-7-27(37)30(34,35)36)23-16-21(20-8-10-24(11-9-20)29(31,32)33)15-22(17-23)25(28(38)39)14-19(3)4/h8-11,15-19,25-27H,5-7,12-14H2,1-4H3,(H,38,39)/t25-,26?,27?/m1/s1. The minimum Gasteiger partial charge on any atom is -0.481 e. The van der Waals surface area contributed by atoms with Crippen molar-refractivity contribution in [1.82, 2.24) is 4.90 Å². The molecule has 9 heteroatoms. The molecule has 0 aliphatic carbocycles. The van der Waals surface area contributed by atoms with Crippen LogP contribution in [0.2, 0.25) is 0 Å². The second kappa shape index (κ2) is 12.3. The Morgan fingerprint density at radius 3 is 2.08 bits per heavy atom. The average Bonchev–Trinajstić information content (AvgIpc) is 2.84. The number of carbonyl (C=O) groups is 1. The van der Waals surface area contributed by atoms with E-state index in [1.54, 1.807) is 18.2 Å². The number of alkyl halides is 6. The Morgan fingerprint density at radius 2 is 1.56 bits per heavy atom. The smallest absolute Gasteiger partial charge is 0.416 e. The molecule has 216 valence electrons. The van der Waals surface area contributed by atoms with Crippen molar-refractivity contribution >= 4 is 5.97 Å². The lowest BCUT2D eigenvalue weighted by molar-refractivity contribution is -0.200. The highest BCUT2D eigenvalue weighted by Crippen LogP contribution is 2.43. The van der Waals surface area contributed by atoms with Gasteiger partial charge in [-0.2, -0.15) is 26.3 Å². The minimum absolute atomic E-state index is 0.00531. The number of hydrogen-bond donors (Lipinski definition) is 1. The summed E-state index contributed by atoms with van der Waals surface area (Å²) in [6.45, 7) is 7.92. The van der Waals surface area contributed by atoms with E-state index in [9.17, 15) is 36.2 Å². The maximum absolute atomic E-state index is 14.1. The van der Waals surface area contributed by atoms with E-state index in [0.29, 0.717) is 47.9 Å². The molecule has 1 heterocycles. The van der Waals surface area contributed by atoms with Crippen molar-refractivity contribution in [3.63, 3.8) is 0 Å². The van der Waals surface area contributed by atoms with Gasteiger partial charge in [-0.25, -0.2) is 0 Å². The van der Waals surface area contributed by atoms with Crippen molar-refractivity contribution < 1.29 is 36.2 Å². The molecule has 3 atom stereocenters. The van der Waals surface area contributed by atoms with E-state index in [0.717, 1.165) is 12.1 Å². The number of nitrogens with zero attached hydrogens (tertiary/aromatic N) is 1. The van der Waals surface area contributed by atoms with Gasteiger partial charge in [-0.05, 0) is 90.9 Å². The Hall–Kier alpha value is -2.55. The third-order valence-corrected chi connectivity index (χ3v) is 7.41. The zero-order valence-corrected chi connectivity index (χ0v) is 22.7. The first kappa shape index (κ1) is 31.0. The molecule has 0 bridgehead atoms. The second-order valence-corrected chi connectivity index (χ2v) is 11.4. The van der Waals surface area contributed by atoms with Crippen molar-refractivity contribution in [2.24, 2.45) is 11.8 Å². The number of carboxylic acid groups (broad SMARTS) is 1. The molecule has 0 radical (unpaired) electrons. The van der Waals surface area contributed by atoms with E-state index >= 15 is 0 Å². The molecule has 0 amide bonds. The first-order chi connectivity index (χ1) is 18.1. The third kappa shape index (κ3) is 7.99. The summed E-state index contributed by atoms with van der Waals surface area (Å²) in [7, 11) is 0. The highest BCUT2D eigenvalue weighted by Gasteiger charge is 2.47. The van der Waals surface area contributed by atoms with Crippen molar-refractivity contribution in [2.75, 3.05) is 6.54 Å². The van der Waals surface area contributed by atoms with Gasteiger partial charge in [0.05, 0.1) is 11.5 Å². The maximum atomic E-state index is 14.1. The van der Waals surface area contributed by atoms with E-state index < -0.39 is 41.9 Å². The highest BCUT2D eigenvalue weighted by atomic mass is 19.4. The summed E-state index contributed by atoms with van der Waals surface area (Å²) >= 11 is 0. The molecule has 0 aromatic heterocycles. The van der Waals surface area contributed by atoms with Crippen molar-refractivity contribution in [1.29, 1.82) is 0 Å². The van der Waals surface area contributed by atoms with Crippen LogP contribution in [0.5, 0.6) is 0 Å². The highest BCUT2D eigenvalue weighted by molar-refractivity contribution is 5.77. The quantitative estimate of drug-likeness (QED) is 0.313. The fourth-order valence-corrected chi connectivity index (χ4v) is 5.42. The number of aliphatic carboxylic acids is 1. The Bertz CT molecular complexity index is 1110. The van der Waals surface area contributed by atoms with Crippen molar-refractivity contribution in [3.05, 3.63) is 59.2 Å². The van der Waals surface area contributed by atoms with Crippen LogP contribution in [0.4, 0.5) is 26.3 Å². The van der Waals surface area contributed by atoms with Crippen LogP contribution < -0.4 is 0 Å². The molecular formula is C30H37F6NO2.